The smallest absolute Gasteiger partial charge is 0.251 e. The fraction of sp³-hybridized carbons (Fsp3) is 0.364. The van der Waals surface area contributed by atoms with Crippen LogP contribution < -0.4 is 20.1 Å². The quantitative estimate of drug-likeness (QED) is 0.571. The highest BCUT2D eigenvalue weighted by Gasteiger charge is 2.15. The highest BCUT2D eigenvalue weighted by atomic mass is 32.2. The zero-order valence-corrected chi connectivity index (χ0v) is 17.8. The SMILES string of the molecule is COCC(=O)NC1=Nc2cc(OSc3ccc(NC4CCCC4)cc3)ccc2NC1. The number of carbonyl (C=O) groups excluding carboxylic acids is 1. The van der Waals surface area contributed by atoms with Gasteiger partial charge in [-0.3, -0.25) is 4.79 Å². The summed E-state index contributed by atoms with van der Waals surface area (Å²) in [6.07, 6.45) is 5.15. The molecule has 2 aromatic carbocycles. The second-order valence-electron chi connectivity index (χ2n) is 7.39. The van der Waals surface area contributed by atoms with Crippen molar-refractivity contribution in [2.45, 2.75) is 36.6 Å². The first-order valence-corrected chi connectivity index (χ1v) is 10.9. The molecule has 0 bridgehead atoms. The lowest BCUT2D eigenvalue weighted by molar-refractivity contribution is -0.123. The van der Waals surface area contributed by atoms with E-state index < -0.39 is 0 Å². The molecule has 8 heteroatoms. The average molecular weight is 427 g/mol. The molecular formula is C22H26N4O3S. The fourth-order valence-corrected chi connectivity index (χ4v) is 4.12. The lowest BCUT2D eigenvalue weighted by atomic mass is 10.2. The predicted molar refractivity (Wildman–Crippen MR) is 121 cm³/mol. The third kappa shape index (κ3) is 5.46. The normalized spacial score (nSPS) is 15.7. The average Bonchev–Trinajstić information content (AvgIpc) is 3.26. The number of ether oxygens (including phenoxy) is 1. The van der Waals surface area contributed by atoms with Crippen LogP contribution in [0.4, 0.5) is 17.1 Å². The Hall–Kier alpha value is -2.71. The number of fused-ring (bicyclic) bond motifs is 1. The number of methoxy groups -OCH3 is 1. The molecule has 0 saturated heterocycles. The maximum atomic E-state index is 11.7. The first-order valence-electron chi connectivity index (χ1n) is 10.1. The van der Waals surface area contributed by atoms with E-state index in [2.05, 4.69) is 45.2 Å². The lowest BCUT2D eigenvalue weighted by Crippen LogP contribution is -2.38. The Morgan fingerprint density at radius 2 is 2.00 bits per heavy atom. The molecular weight excluding hydrogens is 400 g/mol. The van der Waals surface area contributed by atoms with Crippen LogP contribution >= 0.6 is 12.0 Å². The van der Waals surface area contributed by atoms with Crippen molar-refractivity contribution in [3.05, 3.63) is 42.5 Å². The van der Waals surface area contributed by atoms with Crippen molar-refractivity contribution in [2.24, 2.45) is 4.99 Å². The molecule has 7 nitrogen and oxygen atoms in total. The van der Waals surface area contributed by atoms with E-state index in [9.17, 15) is 4.79 Å². The fourth-order valence-electron chi connectivity index (χ4n) is 3.58. The summed E-state index contributed by atoms with van der Waals surface area (Å²) in [5.74, 6) is 1.02. The van der Waals surface area contributed by atoms with Gasteiger partial charge in [0, 0.05) is 29.8 Å². The Morgan fingerprint density at radius 1 is 1.20 bits per heavy atom. The van der Waals surface area contributed by atoms with E-state index in [0.29, 0.717) is 24.2 Å². The van der Waals surface area contributed by atoms with Crippen molar-refractivity contribution in [3.63, 3.8) is 0 Å². The summed E-state index contributed by atoms with van der Waals surface area (Å²) in [6, 6.07) is 14.6. The number of hydrogen-bond donors (Lipinski definition) is 3. The Morgan fingerprint density at radius 3 is 2.77 bits per heavy atom. The van der Waals surface area contributed by atoms with Gasteiger partial charge in [-0.1, -0.05) is 12.8 Å². The van der Waals surface area contributed by atoms with Crippen LogP contribution in [0.3, 0.4) is 0 Å². The van der Waals surface area contributed by atoms with Gasteiger partial charge in [0.15, 0.2) is 0 Å². The van der Waals surface area contributed by atoms with Crippen LogP contribution in [-0.2, 0) is 9.53 Å². The summed E-state index contributed by atoms with van der Waals surface area (Å²) < 4.78 is 10.7. The van der Waals surface area contributed by atoms with Gasteiger partial charge < -0.3 is 24.9 Å². The molecule has 3 N–H and O–H groups in total. The molecule has 1 aliphatic heterocycles. The van der Waals surface area contributed by atoms with Gasteiger partial charge in [0.25, 0.3) is 5.91 Å². The summed E-state index contributed by atoms with van der Waals surface area (Å²) in [5.41, 5.74) is 2.78. The molecule has 0 aromatic heterocycles. The largest absolute Gasteiger partial charge is 0.421 e. The Bertz CT molecular complexity index is 911. The number of amidine groups is 1. The number of hydrogen-bond acceptors (Lipinski definition) is 7. The molecule has 4 rings (SSSR count). The van der Waals surface area contributed by atoms with Gasteiger partial charge in [-0.25, -0.2) is 4.99 Å². The zero-order valence-electron chi connectivity index (χ0n) is 16.9. The van der Waals surface area contributed by atoms with Gasteiger partial charge in [-0.05, 0) is 49.2 Å². The Labute approximate surface area is 180 Å². The second kappa shape index (κ2) is 9.86. The van der Waals surface area contributed by atoms with E-state index in [0.717, 1.165) is 22.0 Å². The minimum atomic E-state index is -0.227. The van der Waals surface area contributed by atoms with Gasteiger partial charge in [-0.15, -0.1) is 0 Å². The molecule has 1 fully saturated rings. The van der Waals surface area contributed by atoms with E-state index in [-0.39, 0.29) is 12.5 Å². The number of carbonyl (C=O) groups is 1. The van der Waals surface area contributed by atoms with Crippen molar-refractivity contribution in [1.29, 1.82) is 0 Å². The number of nitrogens with one attached hydrogen (secondary N) is 3. The van der Waals surface area contributed by atoms with Crippen LogP contribution in [0.5, 0.6) is 5.75 Å². The summed E-state index contributed by atoms with van der Waals surface area (Å²) in [7, 11) is 1.48. The predicted octanol–water partition coefficient (Wildman–Crippen LogP) is 4.35. The van der Waals surface area contributed by atoms with Crippen molar-refractivity contribution in [3.8, 4) is 5.75 Å². The third-order valence-electron chi connectivity index (χ3n) is 5.04. The topological polar surface area (TPSA) is 84.0 Å². The van der Waals surface area contributed by atoms with E-state index >= 15 is 0 Å². The highest BCUT2D eigenvalue weighted by molar-refractivity contribution is 7.95. The van der Waals surface area contributed by atoms with Crippen LogP contribution in [0, 0.1) is 0 Å². The minimum Gasteiger partial charge on any atom is -0.421 e. The van der Waals surface area contributed by atoms with E-state index in [1.807, 2.05) is 18.2 Å². The molecule has 1 heterocycles. The summed E-state index contributed by atoms with van der Waals surface area (Å²) in [4.78, 5) is 17.2. The van der Waals surface area contributed by atoms with Gasteiger partial charge in [0.1, 0.15) is 18.2 Å². The number of benzene rings is 2. The maximum Gasteiger partial charge on any atom is 0.251 e. The lowest BCUT2D eigenvalue weighted by Gasteiger charge is -2.18. The minimum absolute atomic E-state index is 0.000629. The second-order valence-corrected chi connectivity index (χ2v) is 8.19. The first kappa shape index (κ1) is 20.6. The van der Waals surface area contributed by atoms with Crippen molar-refractivity contribution < 1.29 is 13.7 Å². The molecule has 1 saturated carbocycles. The molecule has 2 aromatic rings. The first-order chi connectivity index (χ1) is 14.7. The van der Waals surface area contributed by atoms with Crippen LogP contribution in [0.2, 0.25) is 0 Å². The maximum absolute atomic E-state index is 11.7. The van der Waals surface area contributed by atoms with Gasteiger partial charge in [0.05, 0.1) is 30.0 Å². The molecule has 1 amide bonds. The van der Waals surface area contributed by atoms with Crippen LogP contribution in [0.15, 0.2) is 52.4 Å². The summed E-state index contributed by atoms with van der Waals surface area (Å²) in [5, 5.41) is 9.57. The van der Waals surface area contributed by atoms with Crippen LogP contribution in [0.1, 0.15) is 25.7 Å². The molecule has 1 aliphatic carbocycles. The van der Waals surface area contributed by atoms with E-state index in [1.54, 1.807) is 0 Å². The van der Waals surface area contributed by atoms with Gasteiger partial charge in [0.2, 0.25) is 0 Å². The molecule has 0 spiro atoms. The summed E-state index contributed by atoms with van der Waals surface area (Å²) in [6.45, 7) is 0.458. The highest BCUT2D eigenvalue weighted by Crippen LogP contribution is 2.34. The zero-order chi connectivity index (χ0) is 20.8. The molecule has 2 aliphatic rings. The van der Waals surface area contributed by atoms with E-state index in [1.165, 1.54) is 44.8 Å². The van der Waals surface area contributed by atoms with Crippen LogP contribution in [-0.4, -0.2) is 38.0 Å². The number of anilines is 2. The van der Waals surface area contributed by atoms with Crippen molar-refractivity contribution in [2.75, 3.05) is 30.9 Å². The Kier molecular flexibility index (Phi) is 6.76. The molecule has 0 unspecified atom stereocenters. The summed E-state index contributed by atoms with van der Waals surface area (Å²) >= 11 is 1.31. The monoisotopic (exact) mass is 426 g/mol. The molecule has 0 radical (unpaired) electrons. The van der Waals surface area contributed by atoms with Crippen molar-refractivity contribution >= 4 is 40.8 Å². The van der Waals surface area contributed by atoms with Gasteiger partial charge in [-0.2, -0.15) is 0 Å². The molecule has 0 atom stereocenters. The molecule has 158 valence electrons. The number of rotatable bonds is 7. The standard InChI is InChI=1S/C22H26N4O3S/c1-28-14-22(27)26-21-13-23-19-11-8-17(12-20(19)25-21)29-30-18-9-6-16(7-10-18)24-15-4-2-3-5-15/h6-12,15,23-24H,2-5,13-14H2,1H3,(H,25,26,27). The van der Waals surface area contributed by atoms with Crippen LogP contribution in [0.25, 0.3) is 0 Å². The molecule has 30 heavy (non-hydrogen) atoms. The van der Waals surface area contributed by atoms with Crippen molar-refractivity contribution in [1.82, 2.24) is 5.32 Å². The number of nitrogens with zero attached hydrogens (tertiary/aromatic N) is 1. The Balaban J connectivity index is 1.34. The number of aliphatic imine (C=N–C) groups is 1. The third-order valence-corrected chi connectivity index (χ3v) is 5.78. The van der Waals surface area contributed by atoms with Gasteiger partial charge >= 0.3 is 0 Å². The number of amides is 1. The van der Waals surface area contributed by atoms with E-state index in [4.69, 9.17) is 8.92 Å².